The van der Waals surface area contributed by atoms with E-state index in [1.54, 1.807) is 6.07 Å². The molecule has 8 nitrogen and oxygen atoms in total. The summed E-state index contributed by atoms with van der Waals surface area (Å²) in [5.41, 5.74) is 2.83. The molecule has 0 saturated carbocycles. The number of nitrogens with zero attached hydrogens (tertiary/aromatic N) is 2. The van der Waals surface area contributed by atoms with Gasteiger partial charge in [-0.25, -0.2) is 14.0 Å². The van der Waals surface area contributed by atoms with Crippen LogP contribution in [0.15, 0.2) is 59.1 Å². The van der Waals surface area contributed by atoms with Crippen LogP contribution < -0.4 is 4.74 Å². The van der Waals surface area contributed by atoms with E-state index in [-0.39, 0.29) is 5.82 Å². The Morgan fingerprint density at radius 2 is 1.86 bits per heavy atom. The number of carbonyl (C=O) groups is 2. The highest BCUT2D eigenvalue weighted by molar-refractivity contribution is 5.89. The number of carboxylic acid groups (broad SMARTS) is 2. The average molecular weight is 499 g/mol. The highest BCUT2D eigenvalue weighted by atomic mass is 19.1. The summed E-state index contributed by atoms with van der Waals surface area (Å²) in [6, 6.07) is 13.0. The molecule has 2 N–H and O–H groups in total. The minimum atomic E-state index is -1.26. The molecule has 0 spiro atoms. The zero-order valence-corrected chi connectivity index (χ0v) is 20.2. The van der Waals surface area contributed by atoms with Gasteiger partial charge in [0.25, 0.3) is 0 Å². The summed E-state index contributed by atoms with van der Waals surface area (Å²) in [4.78, 5) is 21.6. The van der Waals surface area contributed by atoms with E-state index in [4.69, 9.17) is 19.5 Å². The lowest BCUT2D eigenvalue weighted by Gasteiger charge is -2.31. The molecule has 0 aliphatic carbocycles. The molecule has 1 aliphatic heterocycles. The van der Waals surface area contributed by atoms with Crippen LogP contribution in [0.2, 0.25) is 0 Å². The third-order valence-corrected chi connectivity index (χ3v) is 6.00. The van der Waals surface area contributed by atoms with E-state index in [9.17, 15) is 14.0 Å². The number of benzene rings is 2. The second-order valence-electron chi connectivity index (χ2n) is 8.54. The van der Waals surface area contributed by atoms with Gasteiger partial charge in [0, 0.05) is 36.1 Å². The predicted octanol–water partition coefficient (Wildman–Crippen LogP) is 4.89. The van der Waals surface area contributed by atoms with Crippen molar-refractivity contribution in [3.63, 3.8) is 0 Å². The van der Waals surface area contributed by atoms with Crippen LogP contribution in [-0.2, 0) is 16.0 Å². The van der Waals surface area contributed by atoms with Gasteiger partial charge < -0.3 is 24.4 Å². The number of aromatic nitrogens is 1. The van der Waals surface area contributed by atoms with Gasteiger partial charge >= 0.3 is 11.9 Å². The summed E-state index contributed by atoms with van der Waals surface area (Å²) in [6.45, 7) is 6.04. The zero-order valence-electron chi connectivity index (χ0n) is 20.2. The molecule has 9 heteroatoms. The van der Waals surface area contributed by atoms with Crippen molar-refractivity contribution in [3.05, 3.63) is 71.7 Å². The first-order valence-corrected chi connectivity index (χ1v) is 12.0. The van der Waals surface area contributed by atoms with Crippen LogP contribution in [0.5, 0.6) is 5.75 Å². The zero-order chi connectivity index (χ0) is 25.9. The van der Waals surface area contributed by atoms with Gasteiger partial charge in [-0.15, -0.1) is 0 Å². The minimum Gasteiger partial charge on any atom is -0.494 e. The average Bonchev–Trinajstić information content (AvgIpc) is 3.29. The van der Waals surface area contributed by atoms with Gasteiger partial charge in [0.05, 0.1) is 12.3 Å². The fraction of sp³-hybridized carbons (Fsp3) is 0.370. The molecule has 0 atom stereocenters. The lowest BCUT2D eigenvalue weighted by atomic mass is 9.91. The van der Waals surface area contributed by atoms with E-state index in [0.717, 1.165) is 68.8 Å². The van der Waals surface area contributed by atoms with Gasteiger partial charge in [0.1, 0.15) is 11.6 Å². The summed E-state index contributed by atoms with van der Waals surface area (Å²) < 4.78 is 24.6. The third kappa shape index (κ3) is 8.20. The summed E-state index contributed by atoms with van der Waals surface area (Å²) >= 11 is 0. The molecule has 36 heavy (non-hydrogen) atoms. The van der Waals surface area contributed by atoms with Gasteiger partial charge in [-0.3, -0.25) is 0 Å². The number of aryl methyl sites for hydroxylation is 1. The fourth-order valence-corrected chi connectivity index (χ4v) is 4.13. The monoisotopic (exact) mass is 498 g/mol. The molecule has 4 rings (SSSR count). The highest BCUT2D eigenvalue weighted by Crippen LogP contribution is 2.32. The lowest BCUT2D eigenvalue weighted by Crippen LogP contribution is -2.34. The van der Waals surface area contributed by atoms with Crippen molar-refractivity contribution in [1.29, 1.82) is 0 Å². The number of carboxylic acids is 2. The molecule has 0 amide bonds. The molecular weight excluding hydrogens is 467 g/mol. The Kier molecular flexibility index (Phi) is 10.00. The molecule has 0 bridgehead atoms. The summed E-state index contributed by atoms with van der Waals surface area (Å²) in [6.07, 6.45) is 5.27. The maximum atomic E-state index is 13.3. The van der Waals surface area contributed by atoms with E-state index in [1.165, 1.54) is 17.7 Å². The fourth-order valence-electron chi connectivity index (χ4n) is 4.13. The maximum Gasteiger partial charge on any atom is 0.328 e. The van der Waals surface area contributed by atoms with Crippen molar-refractivity contribution in [2.45, 2.75) is 38.5 Å². The Morgan fingerprint density at radius 1 is 1.14 bits per heavy atom. The first kappa shape index (κ1) is 26.9. The predicted molar refractivity (Wildman–Crippen MR) is 133 cm³/mol. The van der Waals surface area contributed by atoms with E-state index >= 15 is 0 Å². The second-order valence-corrected chi connectivity index (χ2v) is 8.54. The van der Waals surface area contributed by atoms with Crippen molar-refractivity contribution in [2.75, 3.05) is 26.2 Å². The lowest BCUT2D eigenvalue weighted by molar-refractivity contribution is -0.134. The Hall–Kier alpha value is -3.72. The van der Waals surface area contributed by atoms with Crippen molar-refractivity contribution in [2.24, 2.45) is 0 Å². The molecule has 2 heterocycles. The van der Waals surface area contributed by atoms with Crippen molar-refractivity contribution in [1.82, 2.24) is 10.1 Å². The standard InChI is InChI=1S/C23H27FN2O2.C4H4O4/c1-2-17-5-3-6-20(15-17)27-14-4-11-26-12-9-18(10-13-26)23-21-8-7-19(24)16-22(21)28-25-23;5-3(6)1-2-4(7)8/h3,5-8,15-16,18H,2,4,9-14H2,1H3;1-2H,(H,5,6)(H,7,8)/b;2-1+. The Bertz CT molecular complexity index is 1170. The Labute approximate surface area is 209 Å². The molecule has 2 aromatic carbocycles. The van der Waals surface area contributed by atoms with Crippen LogP contribution in [0, 0.1) is 5.82 Å². The van der Waals surface area contributed by atoms with E-state index in [2.05, 4.69) is 35.2 Å². The molecule has 0 radical (unpaired) electrons. The maximum absolute atomic E-state index is 13.3. The molecule has 1 aromatic heterocycles. The number of likely N-dealkylation sites (tertiary alicyclic amines) is 1. The normalized spacial score (nSPS) is 14.5. The van der Waals surface area contributed by atoms with Crippen LogP contribution >= 0.6 is 0 Å². The van der Waals surface area contributed by atoms with Gasteiger partial charge in [-0.1, -0.05) is 24.2 Å². The van der Waals surface area contributed by atoms with Gasteiger partial charge in [0.2, 0.25) is 0 Å². The van der Waals surface area contributed by atoms with Gasteiger partial charge in [-0.05, 0) is 68.6 Å². The van der Waals surface area contributed by atoms with Crippen LogP contribution in [0.3, 0.4) is 0 Å². The number of fused-ring (bicyclic) bond motifs is 1. The number of halogens is 1. The van der Waals surface area contributed by atoms with Crippen LogP contribution in [-0.4, -0.2) is 58.4 Å². The van der Waals surface area contributed by atoms with Crippen LogP contribution in [0.1, 0.15) is 43.4 Å². The van der Waals surface area contributed by atoms with Crippen molar-refractivity contribution >= 4 is 22.9 Å². The highest BCUT2D eigenvalue weighted by Gasteiger charge is 2.24. The number of ether oxygens (including phenoxy) is 1. The van der Waals surface area contributed by atoms with Crippen LogP contribution in [0.25, 0.3) is 11.0 Å². The largest absolute Gasteiger partial charge is 0.494 e. The van der Waals surface area contributed by atoms with Gasteiger partial charge in [0.15, 0.2) is 5.58 Å². The van der Waals surface area contributed by atoms with Gasteiger partial charge in [-0.2, -0.15) is 0 Å². The summed E-state index contributed by atoms with van der Waals surface area (Å²) in [5.74, 6) is -1.45. The number of hydrogen-bond acceptors (Lipinski definition) is 6. The minimum absolute atomic E-state index is 0.284. The van der Waals surface area contributed by atoms with Crippen LogP contribution in [0.4, 0.5) is 4.39 Å². The number of hydrogen-bond donors (Lipinski definition) is 2. The third-order valence-electron chi connectivity index (χ3n) is 6.00. The molecule has 1 aliphatic rings. The smallest absolute Gasteiger partial charge is 0.328 e. The molecule has 1 fully saturated rings. The number of piperidine rings is 1. The first-order valence-electron chi connectivity index (χ1n) is 12.0. The quantitative estimate of drug-likeness (QED) is 0.317. The SMILES string of the molecule is CCc1cccc(OCCCN2CCC(c3noc4cc(F)ccc34)CC2)c1.O=C(O)/C=C/C(=O)O. The van der Waals surface area contributed by atoms with E-state index in [0.29, 0.717) is 23.7 Å². The van der Waals surface area contributed by atoms with E-state index in [1.807, 2.05) is 6.07 Å². The molecule has 0 unspecified atom stereocenters. The second kappa shape index (κ2) is 13.4. The molecule has 1 saturated heterocycles. The summed E-state index contributed by atoms with van der Waals surface area (Å²) in [7, 11) is 0. The Morgan fingerprint density at radius 3 is 2.53 bits per heavy atom. The number of rotatable bonds is 9. The topological polar surface area (TPSA) is 113 Å². The number of aliphatic carboxylic acids is 2. The van der Waals surface area contributed by atoms with Crippen molar-refractivity contribution in [3.8, 4) is 5.75 Å². The first-order chi connectivity index (χ1) is 17.4. The van der Waals surface area contributed by atoms with E-state index < -0.39 is 11.9 Å². The molecular formula is C27H31FN2O6. The Balaban J connectivity index is 0.000000392. The summed E-state index contributed by atoms with van der Waals surface area (Å²) in [5, 5.41) is 20.8. The molecule has 192 valence electrons. The van der Waals surface area contributed by atoms with Crippen molar-refractivity contribution < 1.29 is 33.5 Å². The molecule has 3 aromatic rings.